The van der Waals surface area contributed by atoms with E-state index in [9.17, 15) is 0 Å². The van der Waals surface area contributed by atoms with Crippen LogP contribution in [0, 0.1) is 0 Å². The van der Waals surface area contributed by atoms with Crippen molar-refractivity contribution in [3.05, 3.63) is 17.7 Å². The van der Waals surface area contributed by atoms with Crippen LogP contribution in [0.15, 0.2) is 12.1 Å². The topological polar surface area (TPSA) is 49.0 Å². The van der Waals surface area contributed by atoms with Crippen molar-refractivity contribution in [2.45, 2.75) is 13.5 Å². The Balaban J connectivity index is 2.83. The molecule has 0 fully saturated rings. The molecule has 0 bridgehead atoms. The fourth-order valence-corrected chi connectivity index (χ4v) is 1.73. The molecule has 108 valence electrons. The van der Waals surface area contributed by atoms with E-state index in [0.717, 1.165) is 18.7 Å². The fourth-order valence-electron chi connectivity index (χ4n) is 1.73. The van der Waals surface area contributed by atoms with Crippen molar-refractivity contribution < 1.29 is 18.9 Å². The third-order valence-electron chi connectivity index (χ3n) is 2.62. The van der Waals surface area contributed by atoms with Gasteiger partial charge in [-0.3, -0.25) is 0 Å². The summed E-state index contributed by atoms with van der Waals surface area (Å²) >= 11 is 0. The number of hydrogen-bond acceptors (Lipinski definition) is 5. The van der Waals surface area contributed by atoms with E-state index in [0.29, 0.717) is 30.5 Å². The Morgan fingerprint density at radius 1 is 1.05 bits per heavy atom. The van der Waals surface area contributed by atoms with Gasteiger partial charge >= 0.3 is 0 Å². The fraction of sp³-hybridized carbons (Fsp3) is 0.571. The summed E-state index contributed by atoms with van der Waals surface area (Å²) in [5.74, 6) is 2.02. The van der Waals surface area contributed by atoms with Crippen LogP contribution < -0.4 is 19.5 Å². The molecule has 1 aromatic carbocycles. The van der Waals surface area contributed by atoms with Crippen LogP contribution in [0.25, 0.3) is 0 Å². The number of hydrogen-bond donors (Lipinski definition) is 1. The van der Waals surface area contributed by atoms with Crippen LogP contribution in [0.5, 0.6) is 17.2 Å². The lowest BCUT2D eigenvalue weighted by Gasteiger charge is -2.15. The lowest BCUT2D eigenvalue weighted by molar-refractivity contribution is 0.199. The Morgan fingerprint density at radius 2 is 1.68 bits per heavy atom. The largest absolute Gasteiger partial charge is 0.493 e. The first-order valence-corrected chi connectivity index (χ1v) is 6.34. The Hall–Kier alpha value is -1.46. The van der Waals surface area contributed by atoms with Gasteiger partial charge < -0.3 is 24.3 Å². The normalized spacial score (nSPS) is 10.3. The zero-order chi connectivity index (χ0) is 14.1. The molecule has 0 aromatic heterocycles. The van der Waals surface area contributed by atoms with E-state index in [1.165, 1.54) is 0 Å². The van der Waals surface area contributed by atoms with Gasteiger partial charge in [0.2, 0.25) is 5.75 Å². The van der Waals surface area contributed by atoms with Gasteiger partial charge in [-0.2, -0.15) is 0 Å². The average molecular weight is 269 g/mol. The molecular formula is C14H23NO4. The Morgan fingerprint density at radius 3 is 2.16 bits per heavy atom. The van der Waals surface area contributed by atoms with E-state index >= 15 is 0 Å². The van der Waals surface area contributed by atoms with Crippen LogP contribution >= 0.6 is 0 Å². The number of benzene rings is 1. The first kappa shape index (κ1) is 15.6. The SMILES string of the molecule is CCOc1c(OC)cc(CNCCOC)cc1OC. The summed E-state index contributed by atoms with van der Waals surface area (Å²) in [6, 6.07) is 3.90. The maximum atomic E-state index is 5.56. The van der Waals surface area contributed by atoms with Crippen molar-refractivity contribution in [3.63, 3.8) is 0 Å². The number of ether oxygens (including phenoxy) is 4. The molecule has 1 aromatic rings. The molecule has 5 nitrogen and oxygen atoms in total. The highest BCUT2D eigenvalue weighted by Gasteiger charge is 2.13. The highest BCUT2D eigenvalue weighted by atomic mass is 16.5. The Kier molecular flexibility index (Phi) is 7.07. The lowest BCUT2D eigenvalue weighted by atomic mass is 10.1. The zero-order valence-electron chi connectivity index (χ0n) is 12.1. The molecule has 0 aliphatic rings. The van der Waals surface area contributed by atoms with Crippen LogP contribution in [0.4, 0.5) is 0 Å². The molecule has 0 saturated heterocycles. The second-order valence-corrected chi connectivity index (χ2v) is 3.93. The number of rotatable bonds is 9. The van der Waals surface area contributed by atoms with Crippen LogP contribution in [0.3, 0.4) is 0 Å². The van der Waals surface area contributed by atoms with Gasteiger partial charge in [-0.15, -0.1) is 0 Å². The third kappa shape index (κ3) is 4.61. The predicted molar refractivity (Wildman–Crippen MR) is 74.3 cm³/mol. The summed E-state index contributed by atoms with van der Waals surface area (Å²) in [6.45, 7) is 4.71. The van der Waals surface area contributed by atoms with Gasteiger partial charge in [-0.25, -0.2) is 0 Å². The van der Waals surface area contributed by atoms with Crippen molar-refractivity contribution in [2.24, 2.45) is 0 Å². The molecule has 1 rings (SSSR count). The molecule has 19 heavy (non-hydrogen) atoms. The summed E-state index contributed by atoms with van der Waals surface area (Å²) in [6.07, 6.45) is 0. The number of nitrogens with one attached hydrogen (secondary N) is 1. The molecule has 0 aliphatic heterocycles. The van der Waals surface area contributed by atoms with Gasteiger partial charge in [0, 0.05) is 20.2 Å². The lowest BCUT2D eigenvalue weighted by Crippen LogP contribution is -2.18. The van der Waals surface area contributed by atoms with Gasteiger partial charge in [0.1, 0.15) is 0 Å². The second kappa shape index (κ2) is 8.61. The van der Waals surface area contributed by atoms with Gasteiger partial charge in [-0.05, 0) is 24.6 Å². The van der Waals surface area contributed by atoms with Crippen LogP contribution in [-0.2, 0) is 11.3 Å². The van der Waals surface area contributed by atoms with E-state index in [2.05, 4.69) is 5.32 Å². The maximum Gasteiger partial charge on any atom is 0.203 e. The molecule has 0 saturated carbocycles. The van der Waals surface area contributed by atoms with E-state index in [1.807, 2.05) is 19.1 Å². The summed E-state index contributed by atoms with van der Waals surface area (Å²) in [7, 11) is 4.93. The zero-order valence-corrected chi connectivity index (χ0v) is 12.1. The van der Waals surface area contributed by atoms with Gasteiger partial charge in [0.15, 0.2) is 11.5 Å². The van der Waals surface area contributed by atoms with Crippen LogP contribution in [-0.4, -0.2) is 41.1 Å². The van der Waals surface area contributed by atoms with Gasteiger partial charge in [-0.1, -0.05) is 0 Å². The summed E-state index contributed by atoms with van der Waals surface area (Å²) in [5, 5.41) is 3.28. The molecule has 0 radical (unpaired) electrons. The highest BCUT2D eigenvalue weighted by molar-refractivity contribution is 5.53. The first-order chi connectivity index (χ1) is 9.26. The molecule has 0 spiro atoms. The monoisotopic (exact) mass is 269 g/mol. The second-order valence-electron chi connectivity index (χ2n) is 3.93. The molecule has 0 atom stereocenters. The number of methoxy groups -OCH3 is 3. The van der Waals surface area contributed by atoms with Crippen LogP contribution in [0.2, 0.25) is 0 Å². The summed E-state index contributed by atoms with van der Waals surface area (Å²) < 4.78 is 21.2. The molecule has 5 heteroatoms. The van der Waals surface area contributed by atoms with E-state index < -0.39 is 0 Å². The molecule has 0 unspecified atom stereocenters. The minimum Gasteiger partial charge on any atom is -0.493 e. The minimum absolute atomic E-state index is 0.568. The van der Waals surface area contributed by atoms with Crippen molar-refractivity contribution in [3.8, 4) is 17.2 Å². The highest BCUT2D eigenvalue weighted by Crippen LogP contribution is 2.38. The molecule has 1 N–H and O–H groups in total. The standard InChI is InChI=1S/C14H23NO4/c1-5-19-14-12(17-3)8-11(9-13(14)18-4)10-15-6-7-16-2/h8-9,15H,5-7,10H2,1-4H3. The molecule has 0 amide bonds. The molecule has 0 aliphatic carbocycles. The maximum absolute atomic E-state index is 5.56. The van der Waals surface area contributed by atoms with Crippen molar-refractivity contribution in [2.75, 3.05) is 41.1 Å². The average Bonchev–Trinajstić information content (AvgIpc) is 2.44. The molecular weight excluding hydrogens is 246 g/mol. The summed E-state index contributed by atoms with van der Waals surface area (Å²) in [4.78, 5) is 0. The Bertz CT molecular complexity index is 357. The van der Waals surface area contributed by atoms with E-state index in [1.54, 1.807) is 21.3 Å². The van der Waals surface area contributed by atoms with Crippen molar-refractivity contribution in [1.29, 1.82) is 0 Å². The minimum atomic E-state index is 0.568. The van der Waals surface area contributed by atoms with Crippen molar-refractivity contribution >= 4 is 0 Å². The van der Waals surface area contributed by atoms with Gasteiger partial charge in [0.05, 0.1) is 27.4 Å². The van der Waals surface area contributed by atoms with Crippen LogP contribution in [0.1, 0.15) is 12.5 Å². The third-order valence-corrected chi connectivity index (χ3v) is 2.62. The smallest absolute Gasteiger partial charge is 0.203 e. The van der Waals surface area contributed by atoms with E-state index in [-0.39, 0.29) is 0 Å². The Labute approximate surface area is 114 Å². The molecule has 0 heterocycles. The van der Waals surface area contributed by atoms with Crippen molar-refractivity contribution in [1.82, 2.24) is 5.32 Å². The van der Waals surface area contributed by atoms with Gasteiger partial charge in [0.25, 0.3) is 0 Å². The predicted octanol–water partition coefficient (Wildman–Crippen LogP) is 1.84. The summed E-state index contributed by atoms with van der Waals surface area (Å²) in [5.41, 5.74) is 1.08. The van der Waals surface area contributed by atoms with E-state index in [4.69, 9.17) is 18.9 Å². The first-order valence-electron chi connectivity index (χ1n) is 6.34. The quantitative estimate of drug-likeness (QED) is 0.693.